The van der Waals surface area contributed by atoms with Crippen LogP contribution in [0.25, 0.3) is 11.0 Å². The van der Waals surface area contributed by atoms with Crippen molar-refractivity contribution < 1.29 is 18.7 Å². The molecule has 7 nitrogen and oxygen atoms in total. The molecule has 120 valence electrons. The first kappa shape index (κ1) is 15.1. The van der Waals surface area contributed by atoms with E-state index < -0.39 is 5.97 Å². The summed E-state index contributed by atoms with van der Waals surface area (Å²) in [4.78, 5) is 16.4. The van der Waals surface area contributed by atoms with Crippen LogP contribution >= 0.6 is 0 Å². The van der Waals surface area contributed by atoms with Gasteiger partial charge < -0.3 is 13.9 Å². The van der Waals surface area contributed by atoms with Gasteiger partial charge in [-0.05, 0) is 26.0 Å². The topological polar surface area (TPSA) is 79.4 Å². The Morgan fingerprint density at radius 1 is 1.35 bits per heavy atom. The van der Waals surface area contributed by atoms with E-state index in [2.05, 4.69) is 10.1 Å². The zero-order chi connectivity index (χ0) is 16.2. The molecule has 0 aromatic carbocycles. The first-order valence-corrected chi connectivity index (χ1v) is 7.41. The van der Waals surface area contributed by atoms with Crippen molar-refractivity contribution in [3.63, 3.8) is 0 Å². The molecule has 7 heteroatoms. The van der Waals surface area contributed by atoms with Gasteiger partial charge in [0.25, 0.3) is 0 Å². The average Bonchev–Trinajstić information content (AvgIpc) is 3.19. The number of rotatable bonds is 6. The number of fused-ring (bicyclic) bond motifs is 1. The number of nitrogens with zero attached hydrogens (tertiary/aromatic N) is 3. The molecule has 0 atom stereocenters. The highest BCUT2D eigenvalue weighted by atomic mass is 16.5. The van der Waals surface area contributed by atoms with Crippen molar-refractivity contribution in [2.45, 2.75) is 20.4 Å². The van der Waals surface area contributed by atoms with Crippen LogP contribution < -0.4 is 4.74 Å². The van der Waals surface area contributed by atoms with Crippen molar-refractivity contribution >= 4 is 17.0 Å². The summed E-state index contributed by atoms with van der Waals surface area (Å²) in [5, 5.41) is 5.06. The third-order valence-electron chi connectivity index (χ3n) is 3.24. The van der Waals surface area contributed by atoms with Crippen LogP contribution in [0.4, 0.5) is 0 Å². The van der Waals surface area contributed by atoms with E-state index in [1.165, 1.54) is 0 Å². The van der Waals surface area contributed by atoms with E-state index in [0.717, 1.165) is 11.1 Å². The number of ether oxygens (including phenoxy) is 2. The molecular formula is C16H17N3O4. The van der Waals surface area contributed by atoms with Crippen molar-refractivity contribution in [1.82, 2.24) is 14.8 Å². The lowest BCUT2D eigenvalue weighted by molar-refractivity contribution is 0.0519. The van der Waals surface area contributed by atoms with E-state index in [0.29, 0.717) is 24.5 Å². The highest BCUT2D eigenvalue weighted by molar-refractivity contribution is 5.93. The minimum atomic E-state index is -0.485. The lowest BCUT2D eigenvalue weighted by Crippen LogP contribution is -2.10. The van der Waals surface area contributed by atoms with Crippen molar-refractivity contribution in [3.8, 4) is 5.75 Å². The highest BCUT2D eigenvalue weighted by Gasteiger charge is 2.17. The van der Waals surface area contributed by atoms with Crippen LogP contribution in [0.1, 0.15) is 30.1 Å². The molecule has 3 aromatic heterocycles. The van der Waals surface area contributed by atoms with E-state index in [1.807, 2.05) is 19.1 Å². The molecule has 3 rings (SSSR count). The van der Waals surface area contributed by atoms with Gasteiger partial charge in [0.05, 0.1) is 31.1 Å². The maximum absolute atomic E-state index is 12.0. The van der Waals surface area contributed by atoms with Crippen molar-refractivity contribution in [2.75, 3.05) is 13.2 Å². The van der Waals surface area contributed by atoms with Crippen LogP contribution in [0.2, 0.25) is 0 Å². The number of hydrogen-bond acceptors (Lipinski definition) is 6. The molecular weight excluding hydrogens is 298 g/mol. The monoisotopic (exact) mass is 315 g/mol. The lowest BCUT2D eigenvalue weighted by atomic mass is 10.2. The molecule has 0 amide bonds. The van der Waals surface area contributed by atoms with Gasteiger partial charge in [-0.15, -0.1) is 0 Å². The van der Waals surface area contributed by atoms with E-state index in [-0.39, 0.29) is 12.3 Å². The van der Waals surface area contributed by atoms with Crippen LogP contribution in [-0.4, -0.2) is 33.9 Å². The first-order valence-electron chi connectivity index (χ1n) is 7.41. The Morgan fingerprint density at radius 3 is 2.91 bits per heavy atom. The number of esters is 1. The predicted molar refractivity (Wildman–Crippen MR) is 82.5 cm³/mol. The SMILES string of the molecule is CCOC(=O)c1cc(OCC)c2cnn(Cc3ccco3)c2n1. The third kappa shape index (κ3) is 3.03. The third-order valence-corrected chi connectivity index (χ3v) is 3.24. The number of aromatic nitrogens is 3. The van der Waals surface area contributed by atoms with Gasteiger partial charge in [0.2, 0.25) is 0 Å². The highest BCUT2D eigenvalue weighted by Crippen LogP contribution is 2.26. The van der Waals surface area contributed by atoms with Gasteiger partial charge in [-0.25, -0.2) is 14.5 Å². The molecule has 0 aliphatic rings. The molecule has 0 N–H and O–H groups in total. The summed E-state index contributed by atoms with van der Waals surface area (Å²) in [5.74, 6) is 0.823. The zero-order valence-corrected chi connectivity index (χ0v) is 13.0. The molecule has 0 aliphatic carbocycles. The van der Waals surface area contributed by atoms with Crippen LogP contribution in [0.5, 0.6) is 5.75 Å². The Bertz CT molecular complexity index is 808. The molecule has 3 heterocycles. The normalized spacial score (nSPS) is 10.9. The van der Waals surface area contributed by atoms with Crippen LogP contribution in [0.3, 0.4) is 0 Å². The summed E-state index contributed by atoms with van der Waals surface area (Å²) < 4.78 is 17.6. The Labute approximate surface area is 132 Å². The summed E-state index contributed by atoms with van der Waals surface area (Å²) in [6.07, 6.45) is 3.27. The smallest absolute Gasteiger partial charge is 0.357 e. The number of carbonyl (C=O) groups excluding carboxylic acids is 1. The van der Waals surface area contributed by atoms with Crippen LogP contribution in [-0.2, 0) is 11.3 Å². The predicted octanol–water partition coefficient (Wildman–Crippen LogP) is 2.65. The maximum Gasteiger partial charge on any atom is 0.357 e. The Hall–Kier alpha value is -2.83. The van der Waals surface area contributed by atoms with Gasteiger partial charge >= 0.3 is 5.97 Å². The number of hydrogen-bond donors (Lipinski definition) is 0. The quantitative estimate of drug-likeness (QED) is 0.651. The van der Waals surface area contributed by atoms with E-state index in [1.54, 1.807) is 30.1 Å². The second-order valence-electron chi connectivity index (χ2n) is 4.78. The minimum absolute atomic E-state index is 0.198. The van der Waals surface area contributed by atoms with Gasteiger partial charge in [-0.2, -0.15) is 5.10 Å². The molecule has 0 saturated heterocycles. The van der Waals surface area contributed by atoms with Gasteiger partial charge in [-0.3, -0.25) is 0 Å². The molecule has 0 spiro atoms. The largest absolute Gasteiger partial charge is 0.493 e. The van der Waals surface area contributed by atoms with Crippen molar-refractivity contribution in [1.29, 1.82) is 0 Å². The summed E-state index contributed by atoms with van der Waals surface area (Å²) in [6, 6.07) is 5.25. The Morgan fingerprint density at radius 2 is 2.22 bits per heavy atom. The molecule has 23 heavy (non-hydrogen) atoms. The van der Waals surface area contributed by atoms with E-state index in [9.17, 15) is 4.79 Å². The average molecular weight is 315 g/mol. The molecule has 0 radical (unpaired) electrons. The van der Waals surface area contributed by atoms with Gasteiger partial charge in [0.15, 0.2) is 11.3 Å². The van der Waals surface area contributed by atoms with Gasteiger partial charge in [-0.1, -0.05) is 0 Å². The molecule has 0 unspecified atom stereocenters. The van der Waals surface area contributed by atoms with E-state index in [4.69, 9.17) is 13.9 Å². The van der Waals surface area contributed by atoms with Crippen LogP contribution in [0, 0.1) is 0 Å². The Balaban J connectivity index is 2.07. The van der Waals surface area contributed by atoms with Gasteiger partial charge in [0, 0.05) is 6.07 Å². The van der Waals surface area contributed by atoms with Crippen molar-refractivity contribution in [3.05, 3.63) is 42.1 Å². The molecule has 0 aliphatic heterocycles. The summed E-state index contributed by atoms with van der Waals surface area (Å²) in [7, 11) is 0. The second kappa shape index (κ2) is 6.51. The molecule has 3 aromatic rings. The molecule has 0 bridgehead atoms. The van der Waals surface area contributed by atoms with Crippen molar-refractivity contribution in [2.24, 2.45) is 0 Å². The Kier molecular flexibility index (Phi) is 4.27. The standard InChI is InChI=1S/C16H17N3O4/c1-3-21-14-8-13(16(20)22-4-2)18-15-12(14)9-17-19(15)10-11-6-5-7-23-11/h5-9H,3-4,10H2,1-2H3. The zero-order valence-electron chi connectivity index (χ0n) is 13.0. The van der Waals surface area contributed by atoms with E-state index >= 15 is 0 Å². The second-order valence-corrected chi connectivity index (χ2v) is 4.78. The summed E-state index contributed by atoms with van der Waals surface area (Å²) in [5.41, 5.74) is 0.749. The fourth-order valence-corrected chi connectivity index (χ4v) is 2.27. The lowest BCUT2D eigenvalue weighted by Gasteiger charge is -2.08. The van der Waals surface area contributed by atoms with Crippen LogP contribution in [0.15, 0.2) is 35.1 Å². The number of pyridine rings is 1. The first-order chi connectivity index (χ1) is 11.2. The summed E-state index contributed by atoms with van der Waals surface area (Å²) in [6.45, 7) is 4.81. The number of carbonyl (C=O) groups is 1. The van der Waals surface area contributed by atoms with Gasteiger partial charge in [0.1, 0.15) is 18.1 Å². The fourth-order valence-electron chi connectivity index (χ4n) is 2.27. The summed E-state index contributed by atoms with van der Waals surface area (Å²) >= 11 is 0. The fraction of sp³-hybridized carbons (Fsp3) is 0.312. The maximum atomic E-state index is 12.0. The number of furan rings is 1. The molecule has 0 fully saturated rings. The molecule has 0 saturated carbocycles. The minimum Gasteiger partial charge on any atom is -0.493 e.